The first-order valence-corrected chi connectivity index (χ1v) is 7.90. The molecular weight excluding hydrogens is 328 g/mol. The number of ketones is 3. The van der Waals surface area contributed by atoms with E-state index in [-0.39, 0.29) is 34.9 Å². The molecule has 2 rings (SSSR count). The van der Waals surface area contributed by atoms with E-state index in [1.807, 2.05) is 0 Å². The topological polar surface area (TPSA) is 71.4 Å². The number of aromatic hydroxyl groups is 1. The standard InChI is InChI=1S/C19H17ClO4/c1-3-16(21)14-8-11(2)9-15(19(14)24)18(23)10-17(22)12-4-6-13(20)7-5-12/h4-9,24H,3,10H2,1-2H3. The summed E-state index contributed by atoms with van der Waals surface area (Å²) in [6, 6.07) is 9.25. The summed E-state index contributed by atoms with van der Waals surface area (Å²) in [7, 11) is 0. The zero-order chi connectivity index (χ0) is 17.9. The van der Waals surface area contributed by atoms with Gasteiger partial charge in [0.05, 0.1) is 17.5 Å². The summed E-state index contributed by atoms with van der Waals surface area (Å²) < 4.78 is 0. The predicted octanol–water partition coefficient (Wildman–Crippen LogP) is 4.40. The Hall–Kier alpha value is -2.46. The minimum Gasteiger partial charge on any atom is -0.506 e. The number of hydrogen-bond acceptors (Lipinski definition) is 4. The molecule has 4 nitrogen and oxygen atoms in total. The van der Waals surface area contributed by atoms with Crippen LogP contribution in [-0.2, 0) is 0 Å². The molecule has 0 aliphatic heterocycles. The molecule has 24 heavy (non-hydrogen) atoms. The van der Waals surface area contributed by atoms with Gasteiger partial charge < -0.3 is 5.11 Å². The van der Waals surface area contributed by atoms with E-state index < -0.39 is 12.2 Å². The van der Waals surface area contributed by atoms with Crippen molar-refractivity contribution in [3.63, 3.8) is 0 Å². The van der Waals surface area contributed by atoms with Crippen LogP contribution in [0.1, 0.15) is 56.4 Å². The van der Waals surface area contributed by atoms with Gasteiger partial charge in [-0.25, -0.2) is 0 Å². The fraction of sp³-hybridized carbons (Fsp3) is 0.211. The maximum Gasteiger partial charge on any atom is 0.174 e. The van der Waals surface area contributed by atoms with Crippen molar-refractivity contribution in [1.82, 2.24) is 0 Å². The molecule has 0 unspecified atom stereocenters. The van der Waals surface area contributed by atoms with Gasteiger partial charge in [0, 0.05) is 17.0 Å². The molecule has 0 bridgehead atoms. The van der Waals surface area contributed by atoms with Crippen molar-refractivity contribution in [3.8, 4) is 5.75 Å². The van der Waals surface area contributed by atoms with Gasteiger partial charge in [0.15, 0.2) is 17.3 Å². The predicted molar refractivity (Wildman–Crippen MR) is 92.2 cm³/mol. The normalized spacial score (nSPS) is 10.5. The molecule has 0 saturated heterocycles. The molecule has 0 aromatic heterocycles. The largest absolute Gasteiger partial charge is 0.506 e. The summed E-state index contributed by atoms with van der Waals surface area (Å²) in [6.45, 7) is 3.40. The molecule has 0 saturated carbocycles. The summed E-state index contributed by atoms with van der Waals surface area (Å²) in [5, 5.41) is 10.7. The van der Waals surface area contributed by atoms with Crippen LogP contribution in [0.25, 0.3) is 0 Å². The number of Topliss-reactive ketones (excluding diaryl/α,β-unsaturated/α-hetero) is 3. The Kier molecular flexibility index (Phi) is 5.52. The number of carbonyl (C=O) groups is 3. The number of benzene rings is 2. The van der Waals surface area contributed by atoms with Crippen molar-refractivity contribution >= 4 is 29.0 Å². The Balaban J connectivity index is 2.29. The number of halogens is 1. The highest BCUT2D eigenvalue weighted by atomic mass is 35.5. The van der Waals surface area contributed by atoms with E-state index in [1.54, 1.807) is 44.2 Å². The van der Waals surface area contributed by atoms with Gasteiger partial charge in [-0.1, -0.05) is 18.5 Å². The lowest BCUT2D eigenvalue weighted by atomic mass is 9.95. The Labute approximate surface area is 145 Å². The Morgan fingerprint density at radius 1 is 0.958 bits per heavy atom. The average molecular weight is 345 g/mol. The van der Waals surface area contributed by atoms with Crippen LogP contribution in [0.3, 0.4) is 0 Å². The van der Waals surface area contributed by atoms with Crippen molar-refractivity contribution in [3.05, 3.63) is 63.7 Å². The fourth-order valence-corrected chi connectivity index (χ4v) is 2.50. The van der Waals surface area contributed by atoms with E-state index in [0.717, 1.165) is 0 Å². The summed E-state index contributed by atoms with van der Waals surface area (Å²) >= 11 is 5.77. The zero-order valence-corrected chi connectivity index (χ0v) is 14.2. The van der Waals surface area contributed by atoms with Crippen LogP contribution in [0.15, 0.2) is 36.4 Å². The van der Waals surface area contributed by atoms with Crippen LogP contribution in [0.4, 0.5) is 0 Å². The smallest absolute Gasteiger partial charge is 0.174 e. The van der Waals surface area contributed by atoms with Crippen molar-refractivity contribution < 1.29 is 19.5 Å². The van der Waals surface area contributed by atoms with Gasteiger partial charge in [0.1, 0.15) is 5.75 Å². The third-order valence-corrected chi connectivity index (χ3v) is 3.92. The number of hydrogen-bond donors (Lipinski definition) is 1. The lowest BCUT2D eigenvalue weighted by Crippen LogP contribution is -2.11. The SMILES string of the molecule is CCC(=O)c1cc(C)cc(C(=O)CC(=O)c2ccc(Cl)cc2)c1O. The Bertz CT molecular complexity index is 807. The van der Waals surface area contributed by atoms with E-state index in [0.29, 0.717) is 16.1 Å². The fourth-order valence-electron chi connectivity index (χ4n) is 2.37. The van der Waals surface area contributed by atoms with E-state index in [2.05, 4.69) is 0 Å². The first kappa shape index (κ1) is 17.9. The molecule has 0 spiro atoms. The maximum absolute atomic E-state index is 12.4. The zero-order valence-electron chi connectivity index (χ0n) is 13.4. The van der Waals surface area contributed by atoms with Gasteiger partial charge in [-0.3, -0.25) is 14.4 Å². The van der Waals surface area contributed by atoms with E-state index in [9.17, 15) is 19.5 Å². The molecule has 0 fully saturated rings. The van der Waals surface area contributed by atoms with Gasteiger partial charge in [-0.05, 0) is 48.9 Å². The van der Waals surface area contributed by atoms with Gasteiger partial charge >= 0.3 is 0 Å². The number of phenols is 1. The van der Waals surface area contributed by atoms with E-state index >= 15 is 0 Å². The summed E-state index contributed by atoms with van der Waals surface area (Å²) in [4.78, 5) is 36.5. The lowest BCUT2D eigenvalue weighted by Gasteiger charge is -2.10. The highest BCUT2D eigenvalue weighted by molar-refractivity contribution is 6.30. The molecule has 2 aromatic rings. The molecule has 5 heteroatoms. The number of rotatable bonds is 6. The first-order chi connectivity index (χ1) is 11.3. The summed E-state index contributed by atoms with van der Waals surface area (Å²) in [6.07, 6.45) is -0.174. The maximum atomic E-state index is 12.4. The first-order valence-electron chi connectivity index (χ1n) is 7.52. The molecule has 0 atom stereocenters. The van der Waals surface area contributed by atoms with Gasteiger partial charge in [0.2, 0.25) is 0 Å². The molecule has 0 radical (unpaired) electrons. The molecule has 0 heterocycles. The van der Waals surface area contributed by atoms with Gasteiger partial charge in [-0.2, -0.15) is 0 Å². The van der Waals surface area contributed by atoms with Crippen molar-refractivity contribution in [2.75, 3.05) is 0 Å². The van der Waals surface area contributed by atoms with Crippen molar-refractivity contribution in [2.45, 2.75) is 26.7 Å². The van der Waals surface area contributed by atoms with E-state index in [4.69, 9.17) is 11.6 Å². The van der Waals surface area contributed by atoms with Crippen LogP contribution in [0.2, 0.25) is 5.02 Å². The minimum absolute atomic E-state index is 0.00545. The van der Waals surface area contributed by atoms with Crippen LogP contribution in [-0.4, -0.2) is 22.5 Å². The minimum atomic E-state index is -0.527. The summed E-state index contributed by atoms with van der Waals surface area (Å²) in [5.41, 5.74) is 1.14. The van der Waals surface area contributed by atoms with Crippen LogP contribution in [0.5, 0.6) is 5.75 Å². The summed E-state index contributed by atoms with van der Waals surface area (Å²) in [5.74, 6) is -1.52. The second kappa shape index (κ2) is 7.41. The highest BCUT2D eigenvalue weighted by Gasteiger charge is 2.21. The molecule has 0 aliphatic carbocycles. The molecule has 0 aliphatic rings. The molecule has 0 amide bonds. The molecular formula is C19H17ClO4. The Morgan fingerprint density at radius 3 is 2.04 bits per heavy atom. The molecule has 124 valence electrons. The monoisotopic (exact) mass is 344 g/mol. The lowest BCUT2D eigenvalue weighted by molar-refractivity contribution is 0.0893. The third-order valence-electron chi connectivity index (χ3n) is 3.66. The molecule has 2 aromatic carbocycles. The van der Waals surface area contributed by atoms with Gasteiger partial charge in [0.25, 0.3) is 0 Å². The van der Waals surface area contributed by atoms with E-state index in [1.165, 1.54) is 6.07 Å². The quantitative estimate of drug-likeness (QED) is 0.622. The second-order valence-corrected chi connectivity index (χ2v) is 5.95. The number of phenolic OH excluding ortho intramolecular Hbond substituents is 1. The van der Waals surface area contributed by atoms with Crippen molar-refractivity contribution in [1.29, 1.82) is 0 Å². The van der Waals surface area contributed by atoms with Crippen LogP contribution >= 0.6 is 11.6 Å². The average Bonchev–Trinajstić information content (AvgIpc) is 2.56. The Morgan fingerprint density at radius 2 is 1.50 bits per heavy atom. The van der Waals surface area contributed by atoms with Crippen molar-refractivity contribution in [2.24, 2.45) is 0 Å². The highest BCUT2D eigenvalue weighted by Crippen LogP contribution is 2.27. The van der Waals surface area contributed by atoms with Crippen LogP contribution in [0, 0.1) is 6.92 Å². The second-order valence-electron chi connectivity index (χ2n) is 5.52. The number of aryl methyl sites for hydroxylation is 1. The van der Waals surface area contributed by atoms with Gasteiger partial charge in [-0.15, -0.1) is 0 Å². The third kappa shape index (κ3) is 3.89. The van der Waals surface area contributed by atoms with Crippen LogP contribution < -0.4 is 0 Å². The molecule has 1 N–H and O–H groups in total. The number of carbonyl (C=O) groups excluding carboxylic acids is 3.